The van der Waals surface area contributed by atoms with Gasteiger partial charge < -0.3 is 15.4 Å². The van der Waals surface area contributed by atoms with E-state index < -0.39 is 0 Å². The smallest absolute Gasteiger partial charge is 0.0954 e. The SMILES string of the molecule is CC(C)C(N)CCN(C)CC1OCCc2ccccc21. The second-order valence-corrected chi connectivity index (χ2v) is 6.27. The van der Waals surface area contributed by atoms with Crippen molar-refractivity contribution in [3.8, 4) is 0 Å². The van der Waals surface area contributed by atoms with Gasteiger partial charge in [0.1, 0.15) is 0 Å². The zero-order chi connectivity index (χ0) is 14.5. The minimum atomic E-state index is 0.209. The molecule has 1 aliphatic heterocycles. The molecule has 0 saturated carbocycles. The van der Waals surface area contributed by atoms with Crippen LogP contribution < -0.4 is 5.73 Å². The highest BCUT2D eigenvalue weighted by atomic mass is 16.5. The Balaban J connectivity index is 1.88. The van der Waals surface area contributed by atoms with Gasteiger partial charge in [0.25, 0.3) is 0 Å². The topological polar surface area (TPSA) is 38.5 Å². The maximum Gasteiger partial charge on any atom is 0.0954 e. The van der Waals surface area contributed by atoms with Gasteiger partial charge in [-0.1, -0.05) is 38.1 Å². The Morgan fingerprint density at radius 1 is 1.35 bits per heavy atom. The van der Waals surface area contributed by atoms with Crippen LogP contribution in [0.1, 0.15) is 37.5 Å². The monoisotopic (exact) mass is 276 g/mol. The first-order chi connectivity index (χ1) is 9.58. The van der Waals surface area contributed by atoms with E-state index in [1.807, 2.05) is 0 Å². The molecule has 1 heterocycles. The maximum absolute atomic E-state index is 6.12. The van der Waals surface area contributed by atoms with Crippen molar-refractivity contribution in [1.29, 1.82) is 0 Å². The third kappa shape index (κ3) is 4.05. The third-order valence-electron chi connectivity index (χ3n) is 4.27. The first kappa shape index (κ1) is 15.5. The summed E-state index contributed by atoms with van der Waals surface area (Å²) in [5.41, 5.74) is 8.92. The van der Waals surface area contributed by atoms with Crippen molar-refractivity contribution in [2.24, 2.45) is 11.7 Å². The van der Waals surface area contributed by atoms with Crippen LogP contribution in [0.4, 0.5) is 0 Å². The molecule has 0 fully saturated rings. The Labute approximate surface area is 123 Å². The lowest BCUT2D eigenvalue weighted by Gasteiger charge is -2.30. The predicted molar refractivity (Wildman–Crippen MR) is 83.8 cm³/mol. The first-order valence-electron chi connectivity index (χ1n) is 7.71. The number of likely N-dealkylation sites (N-methyl/N-ethyl adjacent to an activating group) is 1. The van der Waals surface area contributed by atoms with Crippen molar-refractivity contribution in [3.63, 3.8) is 0 Å². The predicted octanol–water partition coefficient (Wildman–Crippen LogP) is 2.61. The fourth-order valence-corrected chi connectivity index (χ4v) is 2.71. The van der Waals surface area contributed by atoms with Crippen LogP contribution in [0.15, 0.2) is 24.3 Å². The van der Waals surface area contributed by atoms with Crippen LogP contribution in [0.2, 0.25) is 0 Å². The molecule has 2 rings (SSSR count). The lowest BCUT2D eigenvalue weighted by atomic mass is 9.97. The van der Waals surface area contributed by atoms with Gasteiger partial charge in [0.05, 0.1) is 12.7 Å². The summed E-state index contributed by atoms with van der Waals surface area (Å²) in [5.74, 6) is 0.551. The normalized spacial score (nSPS) is 20.2. The third-order valence-corrected chi connectivity index (χ3v) is 4.27. The van der Waals surface area contributed by atoms with Crippen LogP contribution in [-0.2, 0) is 11.2 Å². The Bertz CT molecular complexity index is 419. The minimum absolute atomic E-state index is 0.209. The fourth-order valence-electron chi connectivity index (χ4n) is 2.71. The van der Waals surface area contributed by atoms with Crippen LogP contribution in [0.5, 0.6) is 0 Å². The summed E-state index contributed by atoms with van der Waals surface area (Å²) < 4.78 is 5.96. The summed E-state index contributed by atoms with van der Waals surface area (Å²) in [7, 11) is 2.16. The van der Waals surface area contributed by atoms with E-state index >= 15 is 0 Å². The van der Waals surface area contributed by atoms with E-state index in [1.165, 1.54) is 11.1 Å². The van der Waals surface area contributed by atoms with Crippen molar-refractivity contribution >= 4 is 0 Å². The van der Waals surface area contributed by atoms with Gasteiger partial charge >= 0.3 is 0 Å². The van der Waals surface area contributed by atoms with Crippen LogP contribution >= 0.6 is 0 Å². The van der Waals surface area contributed by atoms with Crippen LogP contribution in [0, 0.1) is 5.92 Å². The maximum atomic E-state index is 6.12. The fraction of sp³-hybridized carbons (Fsp3) is 0.647. The van der Waals surface area contributed by atoms with E-state index in [1.54, 1.807) is 0 Å². The van der Waals surface area contributed by atoms with E-state index in [9.17, 15) is 0 Å². The summed E-state index contributed by atoms with van der Waals surface area (Å²) in [6.07, 6.45) is 2.29. The van der Waals surface area contributed by atoms with Gasteiger partial charge in [-0.25, -0.2) is 0 Å². The van der Waals surface area contributed by atoms with Crippen molar-refractivity contribution < 1.29 is 4.74 Å². The highest BCUT2D eigenvalue weighted by Gasteiger charge is 2.21. The summed E-state index contributed by atoms with van der Waals surface area (Å²) in [4.78, 5) is 2.34. The average molecular weight is 276 g/mol. The highest BCUT2D eigenvalue weighted by molar-refractivity contribution is 5.31. The molecule has 0 aromatic heterocycles. The number of ether oxygens (including phenoxy) is 1. The molecule has 2 unspecified atom stereocenters. The lowest BCUT2D eigenvalue weighted by Crippen LogP contribution is -2.34. The zero-order valence-electron chi connectivity index (χ0n) is 13.0. The minimum Gasteiger partial charge on any atom is -0.372 e. The summed E-state index contributed by atoms with van der Waals surface area (Å²) in [6, 6.07) is 8.94. The van der Waals surface area contributed by atoms with E-state index in [0.29, 0.717) is 5.92 Å². The van der Waals surface area contributed by atoms with Crippen LogP contribution in [-0.4, -0.2) is 37.7 Å². The lowest BCUT2D eigenvalue weighted by molar-refractivity contribution is 0.0205. The Hall–Kier alpha value is -0.900. The largest absolute Gasteiger partial charge is 0.372 e. The number of rotatable bonds is 6. The van der Waals surface area contributed by atoms with E-state index in [2.05, 4.69) is 50.1 Å². The van der Waals surface area contributed by atoms with Crippen LogP contribution in [0.3, 0.4) is 0 Å². The molecule has 0 aliphatic carbocycles. The van der Waals surface area contributed by atoms with Gasteiger partial charge in [0.2, 0.25) is 0 Å². The Morgan fingerprint density at radius 2 is 2.10 bits per heavy atom. The van der Waals surface area contributed by atoms with Crippen molar-refractivity contribution in [3.05, 3.63) is 35.4 Å². The number of nitrogens with two attached hydrogens (primary N) is 1. The molecule has 1 aliphatic rings. The van der Waals surface area contributed by atoms with Crippen molar-refractivity contribution in [1.82, 2.24) is 4.90 Å². The van der Waals surface area contributed by atoms with E-state index in [-0.39, 0.29) is 12.1 Å². The number of hydrogen-bond acceptors (Lipinski definition) is 3. The summed E-state index contributed by atoms with van der Waals surface area (Å²) >= 11 is 0. The second-order valence-electron chi connectivity index (χ2n) is 6.27. The molecule has 0 spiro atoms. The van der Waals surface area contributed by atoms with Crippen molar-refractivity contribution in [2.45, 2.75) is 38.8 Å². The van der Waals surface area contributed by atoms with Gasteiger partial charge in [0, 0.05) is 12.6 Å². The van der Waals surface area contributed by atoms with Crippen molar-refractivity contribution in [2.75, 3.05) is 26.7 Å². The van der Waals surface area contributed by atoms with Gasteiger partial charge in [0.15, 0.2) is 0 Å². The number of nitrogens with zero attached hydrogens (tertiary/aromatic N) is 1. The average Bonchev–Trinajstić information content (AvgIpc) is 2.45. The Morgan fingerprint density at radius 3 is 2.85 bits per heavy atom. The molecular formula is C17H28N2O. The van der Waals surface area contributed by atoms with E-state index in [0.717, 1.165) is 32.5 Å². The molecule has 2 atom stereocenters. The summed E-state index contributed by atoms with van der Waals surface area (Å²) in [6.45, 7) is 7.18. The number of benzene rings is 1. The molecule has 1 aromatic rings. The standard InChI is InChI=1S/C17H28N2O/c1-13(2)16(18)8-10-19(3)12-17-15-7-5-4-6-14(15)9-11-20-17/h4-7,13,16-17H,8-12,18H2,1-3H3. The number of fused-ring (bicyclic) bond motifs is 1. The summed E-state index contributed by atoms with van der Waals surface area (Å²) in [5, 5.41) is 0. The van der Waals surface area contributed by atoms with Gasteiger partial charge in [-0.3, -0.25) is 0 Å². The quantitative estimate of drug-likeness (QED) is 0.868. The molecule has 20 heavy (non-hydrogen) atoms. The highest BCUT2D eigenvalue weighted by Crippen LogP contribution is 2.27. The molecule has 112 valence electrons. The molecule has 0 radical (unpaired) electrons. The van der Waals surface area contributed by atoms with Crippen LogP contribution in [0.25, 0.3) is 0 Å². The molecule has 0 amide bonds. The van der Waals surface area contributed by atoms with E-state index in [4.69, 9.17) is 10.5 Å². The molecular weight excluding hydrogens is 248 g/mol. The zero-order valence-corrected chi connectivity index (χ0v) is 13.0. The molecule has 3 heteroatoms. The van der Waals surface area contributed by atoms with Gasteiger partial charge in [-0.05, 0) is 43.5 Å². The molecule has 3 nitrogen and oxygen atoms in total. The molecule has 2 N–H and O–H groups in total. The first-order valence-corrected chi connectivity index (χ1v) is 7.71. The number of hydrogen-bond donors (Lipinski definition) is 1. The molecule has 0 saturated heterocycles. The Kier molecular flexibility index (Phi) is 5.58. The molecule has 0 bridgehead atoms. The van der Waals surface area contributed by atoms with Gasteiger partial charge in [-0.15, -0.1) is 0 Å². The molecule has 1 aromatic carbocycles. The second kappa shape index (κ2) is 7.21. The van der Waals surface area contributed by atoms with Gasteiger partial charge in [-0.2, -0.15) is 0 Å².